The Morgan fingerprint density at radius 2 is 2.00 bits per heavy atom. The van der Waals surface area contributed by atoms with Gasteiger partial charge < -0.3 is 9.47 Å². The Bertz CT molecular complexity index is 734. The second-order valence-electron chi connectivity index (χ2n) is 7.32. The maximum Gasteiger partial charge on any atom is 0.209 e. The Morgan fingerprint density at radius 1 is 1.27 bits per heavy atom. The van der Waals surface area contributed by atoms with Crippen molar-refractivity contribution in [3.63, 3.8) is 0 Å². The molecule has 8 heteroatoms. The summed E-state index contributed by atoms with van der Waals surface area (Å²) in [6.07, 6.45) is 1.11. The number of aryl methyl sites for hydroxylation is 1. The summed E-state index contributed by atoms with van der Waals surface area (Å²) in [5, 5.41) is 12.5. The van der Waals surface area contributed by atoms with Gasteiger partial charge in [0, 0.05) is 30.0 Å². The third-order valence-electron chi connectivity index (χ3n) is 4.39. The number of ketones is 1. The fourth-order valence-electron chi connectivity index (χ4n) is 2.76. The van der Waals surface area contributed by atoms with Crippen molar-refractivity contribution in [1.29, 1.82) is 0 Å². The number of nitrogens with zero attached hydrogens (tertiary/aromatic N) is 6. The number of tetrazole rings is 1. The Kier molecular flexibility index (Phi) is 7.40. The van der Waals surface area contributed by atoms with E-state index in [1.54, 1.807) is 4.68 Å². The van der Waals surface area contributed by atoms with Crippen LogP contribution in [0.15, 0.2) is 11.2 Å². The standard InChI is InChI=1S/C18H30N6OS/c1-13(2)7-8-23-14(3)11-16(15(23)4)17(25)12-26-18-19-20-21-24(18)10-9-22(5)6/h11,13H,7-10,12H2,1-6H3. The van der Waals surface area contributed by atoms with Gasteiger partial charge in [-0.15, -0.1) is 5.10 Å². The molecule has 7 nitrogen and oxygen atoms in total. The first kappa shape index (κ1) is 20.6. The van der Waals surface area contributed by atoms with Crippen LogP contribution in [-0.2, 0) is 13.1 Å². The average Bonchev–Trinajstić information content (AvgIpc) is 3.13. The van der Waals surface area contributed by atoms with Crippen LogP contribution in [0.3, 0.4) is 0 Å². The summed E-state index contributed by atoms with van der Waals surface area (Å²) in [5.74, 6) is 1.12. The molecule has 0 saturated carbocycles. The number of hydrogen-bond donors (Lipinski definition) is 0. The smallest absolute Gasteiger partial charge is 0.209 e. The SMILES string of the molecule is Cc1cc(C(=O)CSc2nnnn2CCN(C)C)c(C)n1CCC(C)C. The van der Waals surface area contributed by atoms with E-state index in [-0.39, 0.29) is 5.78 Å². The molecule has 2 heterocycles. The summed E-state index contributed by atoms with van der Waals surface area (Å²) in [6, 6.07) is 2.01. The molecule has 2 aromatic rings. The zero-order valence-corrected chi connectivity index (χ0v) is 17.5. The predicted octanol–water partition coefficient (Wildman–Crippen LogP) is 2.67. The zero-order chi connectivity index (χ0) is 19.3. The van der Waals surface area contributed by atoms with E-state index in [0.717, 1.165) is 36.5 Å². The van der Waals surface area contributed by atoms with E-state index in [4.69, 9.17) is 0 Å². The molecule has 0 unspecified atom stereocenters. The van der Waals surface area contributed by atoms with Gasteiger partial charge in [0.2, 0.25) is 5.16 Å². The number of thioether (sulfide) groups is 1. The number of rotatable bonds is 10. The lowest BCUT2D eigenvalue weighted by atomic mass is 10.1. The van der Waals surface area contributed by atoms with Crippen LogP contribution in [-0.4, -0.2) is 61.9 Å². The number of aromatic nitrogens is 5. The van der Waals surface area contributed by atoms with Gasteiger partial charge in [0.05, 0.1) is 12.3 Å². The minimum Gasteiger partial charge on any atom is -0.348 e. The highest BCUT2D eigenvalue weighted by atomic mass is 32.2. The second-order valence-corrected chi connectivity index (χ2v) is 8.26. The number of Topliss-reactive ketones (excluding diaryl/α,β-unsaturated/α-hetero) is 1. The van der Waals surface area contributed by atoms with Crippen LogP contribution >= 0.6 is 11.8 Å². The average molecular weight is 379 g/mol. The van der Waals surface area contributed by atoms with Crippen molar-refractivity contribution in [3.05, 3.63) is 23.0 Å². The van der Waals surface area contributed by atoms with Crippen molar-refractivity contribution < 1.29 is 4.79 Å². The molecule has 0 amide bonds. The molecule has 2 rings (SSSR count). The summed E-state index contributed by atoms with van der Waals surface area (Å²) in [5.41, 5.74) is 3.01. The first-order chi connectivity index (χ1) is 12.3. The van der Waals surface area contributed by atoms with Gasteiger partial charge in [-0.3, -0.25) is 4.79 Å². The van der Waals surface area contributed by atoms with Crippen LogP contribution < -0.4 is 0 Å². The van der Waals surface area contributed by atoms with E-state index >= 15 is 0 Å². The van der Waals surface area contributed by atoms with Crippen LogP contribution in [0.25, 0.3) is 0 Å². The van der Waals surface area contributed by atoms with Gasteiger partial charge >= 0.3 is 0 Å². The van der Waals surface area contributed by atoms with Crippen molar-refractivity contribution in [3.8, 4) is 0 Å². The fourth-order valence-corrected chi connectivity index (χ4v) is 3.54. The van der Waals surface area contributed by atoms with Crippen LogP contribution in [0.4, 0.5) is 0 Å². The fraction of sp³-hybridized carbons (Fsp3) is 0.667. The molecule has 2 aromatic heterocycles. The number of likely N-dealkylation sites (N-methyl/N-ethyl adjacent to an activating group) is 1. The summed E-state index contributed by atoms with van der Waals surface area (Å²) < 4.78 is 4.00. The predicted molar refractivity (Wildman–Crippen MR) is 105 cm³/mol. The molecule has 0 aromatic carbocycles. The normalized spacial score (nSPS) is 11.7. The summed E-state index contributed by atoms with van der Waals surface area (Å²) in [4.78, 5) is 14.8. The largest absolute Gasteiger partial charge is 0.348 e. The van der Waals surface area contributed by atoms with E-state index in [2.05, 4.69) is 45.8 Å². The van der Waals surface area contributed by atoms with Gasteiger partial charge in [0.25, 0.3) is 0 Å². The summed E-state index contributed by atoms with van der Waals surface area (Å²) in [6.45, 7) is 11.1. The molecule has 26 heavy (non-hydrogen) atoms. The summed E-state index contributed by atoms with van der Waals surface area (Å²) in [7, 11) is 4.02. The van der Waals surface area contributed by atoms with Crippen molar-refractivity contribution in [2.24, 2.45) is 5.92 Å². The van der Waals surface area contributed by atoms with Crippen molar-refractivity contribution >= 4 is 17.5 Å². The highest BCUT2D eigenvalue weighted by Gasteiger charge is 2.17. The van der Waals surface area contributed by atoms with E-state index < -0.39 is 0 Å². The number of carbonyl (C=O) groups is 1. The number of carbonyl (C=O) groups excluding carboxylic acids is 1. The van der Waals surface area contributed by atoms with E-state index in [1.807, 2.05) is 27.1 Å². The van der Waals surface area contributed by atoms with Crippen LogP contribution in [0, 0.1) is 19.8 Å². The molecule has 0 atom stereocenters. The molecular formula is C18H30N6OS. The molecular weight excluding hydrogens is 348 g/mol. The van der Waals surface area contributed by atoms with Crippen molar-refractivity contribution in [2.45, 2.75) is 52.4 Å². The maximum absolute atomic E-state index is 12.7. The third kappa shape index (κ3) is 5.41. The van der Waals surface area contributed by atoms with Gasteiger partial charge in [-0.1, -0.05) is 25.6 Å². The quantitative estimate of drug-likeness (QED) is 0.468. The molecule has 0 aliphatic heterocycles. The maximum atomic E-state index is 12.7. The first-order valence-corrected chi connectivity index (χ1v) is 10.0. The molecule has 0 aliphatic carbocycles. The monoisotopic (exact) mass is 378 g/mol. The van der Waals surface area contributed by atoms with Crippen molar-refractivity contribution in [1.82, 2.24) is 29.7 Å². The van der Waals surface area contributed by atoms with E-state index in [0.29, 0.717) is 23.4 Å². The molecule has 0 bridgehead atoms. The minimum atomic E-state index is 0.126. The number of hydrogen-bond acceptors (Lipinski definition) is 6. The Labute approximate surface area is 160 Å². The van der Waals surface area contributed by atoms with Gasteiger partial charge in [0.1, 0.15) is 0 Å². The second kappa shape index (κ2) is 9.32. The van der Waals surface area contributed by atoms with Gasteiger partial charge in [-0.05, 0) is 56.8 Å². The summed E-state index contributed by atoms with van der Waals surface area (Å²) >= 11 is 1.40. The van der Waals surface area contributed by atoms with Crippen LogP contribution in [0.2, 0.25) is 0 Å². The van der Waals surface area contributed by atoms with Gasteiger partial charge in [-0.25, -0.2) is 4.68 Å². The highest BCUT2D eigenvalue weighted by molar-refractivity contribution is 7.99. The topological polar surface area (TPSA) is 68.8 Å². The minimum absolute atomic E-state index is 0.126. The zero-order valence-electron chi connectivity index (χ0n) is 16.7. The van der Waals surface area contributed by atoms with E-state index in [9.17, 15) is 4.79 Å². The molecule has 0 aliphatic rings. The molecule has 0 N–H and O–H groups in total. The Morgan fingerprint density at radius 3 is 2.65 bits per heavy atom. The molecule has 0 fully saturated rings. The lowest BCUT2D eigenvalue weighted by molar-refractivity contribution is 0.102. The molecule has 0 saturated heterocycles. The van der Waals surface area contributed by atoms with Crippen molar-refractivity contribution in [2.75, 3.05) is 26.4 Å². The van der Waals surface area contributed by atoms with Gasteiger partial charge in [0.15, 0.2) is 5.78 Å². The van der Waals surface area contributed by atoms with Crippen LogP contribution in [0.1, 0.15) is 42.0 Å². The Balaban J connectivity index is 2.01. The van der Waals surface area contributed by atoms with Crippen LogP contribution in [0.5, 0.6) is 0 Å². The van der Waals surface area contributed by atoms with Gasteiger partial charge in [-0.2, -0.15) is 0 Å². The Hall–Kier alpha value is -1.67. The first-order valence-electron chi connectivity index (χ1n) is 9.03. The lowest BCUT2D eigenvalue weighted by Gasteiger charge is -2.11. The highest BCUT2D eigenvalue weighted by Crippen LogP contribution is 2.21. The molecule has 0 radical (unpaired) electrons. The lowest BCUT2D eigenvalue weighted by Crippen LogP contribution is -2.19. The molecule has 0 spiro atoms. The van der Waals surface area contributed by atoms with E-state index in [1.165, 1.54) is 11.8 Å². The molecule has 144 valence electrons. The third-order valence-corrected chi connectivity index (χ3v) is 5.35.